The molecule has 0 aromatic heterocycles. The highest BCUT2D eigenvalue weighted by Gasteiger charge is 2.03. The number of benzene rings is 2. The number of nitrogens with zero attached hydrogens (tertiary/aromatic N) is 1. The van der Waals surface area contributed by atoms with Gasteiger partial charge in [-0.3, -0.25) is 4.79 Å². The van der Waals surface area contributed by atoms with Crippen LogP contribution in [-0.4, -0.2) is 22.3 Å². The van der Waals surface area contributed by atoms with Gasteiger partial charge in [0.1, 0.15) is 11.5 Å². The van der Waals surface area contributed by atoms with Gasteiger partial charge in [0.05, 0.1) is 6.21 Å². The predicted octanol–water partition coefficient (Wildman–Crippen LogP) is 1.44. The van der Waals surface area contributed by atoms with Crippen LogP contribution in [0.2, 0.25) is 0 Å². The van der Waals surface area contributed by atoms with E-state index in [9.17, 15) is 9.90 Å². The molecule has 0 saturated carbocycles. The van der Waals surface area contributed by atoms with Gasteiger partial charge < -0.3 is 15.9 Å². The zero-order valence-corrected chi connectivity index (χ0v) is 10.4. The largest absolute Gasteiger partial charge is 0.508 e. The van der Waals surface area contributed by atoms with Gasteiger partial charge in [-0.2, -0.15) is 5.10 Å². The van der Waals surface area contributed by atoms with Crippen molar-refractivity contribution in [1.82, 2.24) is 5.43 Å². The molecule has 0 saturated heterocycles. The number of phenolic OH excluding ortho intramolecular Hbond substituents is 2. The van der Waals surface area contributed by atoms with Crippen LogP contribution in [0, 0.1) is 0 Å². The van der Waals surface area contributed by atoms with E-state index in [1.165, 1.54) is 24.4 Å². The topological polar surface area (TPSA) is 108 Å². The van der Waals surface area contributed by atoms with E-state index in [-0.39, 0.29) is 17.4 Å². The number of phenols is 2. The Morgan fingerprint density at radius 1 is 1.15 bits per heavy atom. The van der Waals surface area contributed by atoms with Gasteiger partial charge in [-0.15, -0.1) is 0 Å². The minimum absolute atomic E-state index is 0.0504. The van der Waals surface area contributed by atoms with Crippen LogP contribution >= 0.6 is 0 Å². The number of rotatable bonds is 3. The normalized spacial score (nSPS) is 10.6. The lowest BCUT2D eigenvalue weighted by molar-refractivity contribution is 0.0955. The summed E-state index contributed by atoms with van der Waals surface area (Å²) in [6, 6.07) is 10.5. The number of hydrogen-bond acceptors (Lipinski definition) is 5. The first-order valence-corrected chi connectivity index (χ1v) is 5.77. The second-order valence-corrected chi connectivity index (χ2v) is 4.06. The Morgan fingerprint density at radius 2 is 1.85 bits per heavy atom. The fraction of sp³-hybridized carbons (Fsp3) is 0. The van der Waals surface area contributed by atoms with E-state index in [1.54, 1.807) is 24.3 Å². The molecular weight excluding hydrogens is 258 g/mol. The van der Waals surface area contributed by atoms with Crippen LogP contribution in [0.3, 0.4) is 0 Å². The Kier molecular flexibility index (Phi) is 3.85. The number of hydrazone groups is 1. The third-order valence-electron chi connectivity index (χ3n) is 2.56. The lowest BCUT2D eigenvalue weighted by atomic mass is 10.2. The van der Waals surface area contributed by atoms with E-state index in [0.717, 1.165) is 0 Å². The number of carbonyl (C=O) groups is 1. The first-order chi connectivity index (χ1) is 9.56. The van der Waals surface area contributed by atoms with E-state index in [1.807, 2.05) is 0 Å². The van der Waals surface area contributed by atoms with Crippen LogP contribution in [0.5, 0.6) is 11.5 Å². The van der Waals surface area contributed by atoms with Gasteiger partial charge in [0.2, 0.25) is 0 Å². The van der Waals surface area contributed by atoms with Crippen LogP contribution in [-0.2, 0) is 0 Å². The highest BCUT2D eigenvalue weighted by atomic mass is 16.3. The molecule has 102 valence electrons. The maximum absolute atomic E-state index is 11.7. The highest BCUT2D eigenvalue weighted by Crippen LogP contribution is 2.20. The second kappa shape index (κ2) is 5.75. The molecule has 0 aliphatic heterocycles. The molecule has 0 aliphatic rings. The quantitative estimate of drug-likeness (QED) is 0.385. The predicted molar refractivity (Wildman–Crippen MR) is 75.7 cm³/mol. The summed E-state index contributed by atoms with van der Waals surface area (Å²) >= 11 is 0. The molecule has 6 nitrogen and oxygen atoms in total. The van der Waals surface area contributed by atoms with Crippen molar-refractivity contribution < 1.29 is 15.0 Å². The van der Waals surface area contributed by atoms with Crippen LogP contribution < -0.4 is 11.2 Å². The number of carbonyl (C=O) groups excluding carboxylic acids is 1. The van der Waals surface area contributed by atoms with Crippen molar-refractivity contribution in [1.29, 1.82) is 0 Å². The summed E-state index contributed by atoms with van der Waals surface area (Å²) < 4.78 is 0. The highest BCUT2D eigenvalue weighted by molar-refractivity contribution is 5.95. The molecule has 5 N–H and O–H groups in total. The SMILES string of the molecule is Nc1ccc(C(=O)N/N=C\c2ccc(O)cc2O)cc1. The second-order valence-electron chi connectivity index (χ2n) is 4.06. The van der Waals surface area contributed by atoms with Crippen molar-refractivity contribution in [2.45, 2.75) is 0 Å². The van der Waals surface area contributed by atoms with Crippen molar-refractivity contribution >= 4 is 17.8 Å². The Morgan fingerprint density at radius 3 is 2.50 bits per heavy atom. The van der Waals surface area contributed by atoms with E-state index < -0.39 is 0 Å². The number of amides is 1. The summed E-state index contributed by atoms with van der Waals surface area (Å²) in [5.74, 6) is -0.569. The Hall–Kier alpha value is -3.02. The van der Waals surface area contributed by atoms with Gasteiger partial charge in [0.15, 0.2) is 0 Å². The maximum atomic E-state index is 11.7. The molecule has 0 heterocycles. The average molecular weight is 271 g/mol. The summed E-state index contributed by atoms with van der Waals surface area (Å²) in [4.78, 5) is 11.7. The molecule has 2 aromatic carbocycles. The van der Waals surface area contributed by atoms with Crippen LogP contribution in [0.1, 0.15) is 15.9 Å². The molecular formula is C14H13N3O3. The first kappa shape index (κ1) is 13.4. The summed E-state index contributed by atoms with van der Waals surface area (Å²) in [6.45, 7) is 0. The molecule has 6 heteroatoms. The monoisotopic (exact) mass is 271 g/mol. The summed E-state index contributed by atoms with van der Waals surface area (Å²) in [5, 5.41) is 22.4. The third-order valence-corrected chi connectivity index (χ3v) is 2.56. The number of anilines is 1. The molecule has 1 amide bonds. The lowest BCUT2D eigenvalue weighted by Crippen LogP contribution is -2.17. The molecule has 2 rings (SSSR count). The standard InChI is InChI=1S/C14H13N3O3/c15-11-4-1-9(2-5-11)14(20)17-16-8-10-3-6-12(18)7-13(10)19/h1-8,18-19H,15H2,(H,17,20)/b16-8-. The zero-order chi connectivity index (χ0) is 14.5. The van der Waals surface area contributed by atoms with Gasteiger partial charge in [-0.05, 0) is 36.4 Å². The number of aromatic hydroxyl groups is 2. The van der Waals surface area contributed by atoms with E-state index >= 15 is 0 Å². The van der Waals surface area contributed by atoms with Gasteiger partial charge in [-0.25, -0.2) is 5.43 Å². The van der Waals surface area contributed by atoms with Crippen molar-refractivity contribution in [2.24, 2.45) is 5.10 Å². The molecule has 0 atom stereocenters. The van der Waals surface area contributed by atoms with Gasteiger partial charge in [0.25, 0.3) is 5.91 Å². The van der Waals surface area contributed by atoms with E-state index in [0.29, 0.717) is 16.8 Å². The summed E-state index contributed by atoms with van der Waals surface area (Å²) in [7, 11) is 0. The molecule has 0 bridgehead atoms. The molecule has 0 spiro atoms. The summed E-state index contributed by atoms with van der Waals surface area (Å²) in [5.41, 5.74) is 9.21. The zero-order valence-electron chi connectivity index (χ0n) is 10.4. The molecule has 0 unspecified atom stereocenters. The third kappa shape index (κ3) is 3.26. The Balaban J connectivity index is 2.02. The minimum atomic E-state index is -0.389. The number of hydrogen-bond donors (Lipinski definition) is 4. The summed E-state index contributed by atoms with van der Waals surface area (Å²) in [6.07, 6.45) is 1.28. The number of nitrogen functional groups attached to an aromatic ring is 1. The molecule has 0 fully saturated rings. The van der Waals surface area contributed by atoms with E-state index in [2.05, 4.69) is 10.5 Å². The van der Waals surface area contributed by atoms with Crippen LogP contribution in [0.25, 0.3) is 0 Å². The van der Waals surface area contributed by atoms with Gasteiger partial charge >= 0.3 is 0 Å². The smallest absolute Gasteiger partial charge is 0.271 e. The van der Waals surface area contributed by atoms with Crippen molar-refractivity contribution in [3.8, 4) is 11.5 Å². The Bertz CT molecular complexity index is 651. The van der Waals surface area contributed by atoms with Gasteiger partial charge in [0, 0.05) is 22.9 Å². The molecule has 0 aliphatic carbocycles. The number of nitrogens with two attached hydrogens (primary N) is 1. The van der Waals surface area contributed by atoms with E-state index in [4.69, 9.17) is 10.8 Å². The van der Waals surface area contributed by atoms with Crippen molar-refractivity contribution in [2.75, 3.05) is 5.73 Å². The maximum Gasteiger partial charge on any atom is 0.271 e. The number of nitrogens with one attached hydrogen (secondary N) is 1. The van der Waals surface area contributed by atoms with Crippen molar-refractivity contribution in [3.63, 3.8) is 0 Å². The van der Waals surface area contributed by atoms with Crippen LogP contribution in [0.15, 0.2) is 47.6 Å². The fourth-order valence-corrected chi connectivity index (χ4v) is 1.50. The average Bonchev–Trinajstić information content (AvgIpc) is 2.42. The minimum Gasteiger partial charge on any atom is -0.508 e. The fourth-order valence-electron chi connectivity index (χ4n) is 1.50. The first-order valence-electron chi connectivity index (χ1n) is 5.77. The molecule has 2 aromatic rings. The molecule has 0 radical (unpaired) electrons. The van der Waals surface area contributed by atoms with Crippen molar-refractivity contribution in [3.05, 3.63) is 53.6 Å². The Labute approximate surface area is 115 Å². The lowest BCUT2D eigenvalue weighted by Gasteiger charge is -2.01. The van der Waals surface area contributed by atoms with Gasteiger partial charge in [-0.1, -0.05) is 0 Å². The molecule has 20 heavy (non-hydrogen) atoms. The van der Waals surface area contributed by atoms with Crippen LogP contribution in [0.4, 0.5) is 5.69 Å².